The summed E-state index contributed by atoms with van der Waals surface area (Å²) >= 11 is 11.9. The van der Waals surface area contributed by atoms with E-state index in [1.807, 2.05) is 24.3 Å². The van der Waals surface area contributed by atoms with Crippen LogP contribution in [0.3, 0.4) is 0 Å². The van der Waals surface area contributed by atoms with Crippen LogP contribution in [-0.2, 0) is 22.6 Å². The minimum absolute atomic E-state index is 0.0989. The Bertz CT molecular complexity index is 727. The van der Waals surface area contributed by atoms with Gasteiger partial charge in [0.2, 0.25) is 5.82 Å². The van der Waals surface area contributed by atoms with Crippen LogP contribution in [0.4, 0.5) is 0 Å². The lowest BCUT2D eigenvalue weighted by atomic mass is 10.1. The van der Waals surface area contributed by atoms with Gasteiger partial charge in [0.25, 0.3) is 5.89 Å². The summed E-state index contributed by atoms with van der Waals surface area (Å²) in [5.41, 5.74) is 1.21. The highest BCUT2D eigenvalue weighted by Gasteiger charge is 2.69. The van der Waals surface area contributed by atoms with Crippen LogP contribution in [0.1, 0.15) is 31.7 Å². The maximum Gasteiger partial charge on any atom is 0.315 e. The minimum atomic E-state index is -1.05. The number of aryl methyl sites for hydroxylation is 1. The fraction of sp³-hybridized carbons (Fsp3) is 0.438. The van der Waals surface area contributed by atoms with Gasteiger partial charge in [0, 0.05) is 12.0 Å². The molecule has 1 fully saturated rings. The van der Waals surface area contributed by atoms with Gasteiger partial charge in [-0.05, 0) is 18.9 Å². The predicted octanol–water partition coefficient (Wildman–Crippen LogP) is 3.93. The molecule has 0 bridgehead atoms. The quantitative estimate of drug-likeness (QED) is 0.601. The van der Waals surface area contributed by atoms with Gasteiger partial charge < -0.3 is 9.26 Å². The highest BCUT2D eigenvalue weighted by atomic mass is 35.5. The van der Waals surface area contributed by atoms with Crippen LogP contribution in [0, 0.1) is 5.41 Å². The second kappa shape index (κ2) is 5.80. The van der Waals surface area contributed by atoms with Crippen LogP contribution < -0.4 is 0 Å². The van der Waals surface area contributed by atoms with Crippen LogP contribution in [0.25, 0.3) is 11.4 Å². The number of esters is 1. The Morgan fingerprint density at radius 2 is 2.00 bits per heavy atom. The van der Waals surface area contributed by atoms with E-state index in [-0.39, 0.29) is 12.5 Å². The van der Waals surface area contributed by atoms with Crippen molar-refractivity contribution < 1.29 is 14.1 Å². The fourth-order valence-electron chi connectivity index (χ4n) is 2.23. The molecule has 0 N–H and O–H groups in total. The molecule has 0 amide bonds. The molecule has 3 rings (SSSR count). The molecule has 1 atom stereocenters. The maximum atomic E-state index is 12.0. The average Bonchev–Trinajstić information content (AvgIpc) is 2.91. The van der Waals surface area contributed by atoms with Crippen molar-refractivity contribution in [3.63, 3.8) is 0 Å². The summed E-state index contributed by atoms with van der Waals surface area (Å²) < 4.78 is 9.23. The fourth-order valence-corrected chi connectivity index (χ4v) is 2.92. The molecular weight excluding hydrogens is 339 g/mol. The number of halogens is 2. The molecule has 122 valence electrons. The van der Waals surface area contributed by atoms with E-state index in [0.29, 0.717) is 12.2 Å². The summed E-state index contributed by atoms with van der Waals surface area (Å²) in [7, 11) is 0. The monoisotopic (exact) mass is 354 g/mol. The smallest absolute Gasteiger partial charge is 0.315 e. The van der Waals surface area contributed by atoms with E-state index in [1.54, 1.807) is 6.92 Å². The average molecular weight is 355 g/mol. The minimum Gasteiger partial charge on any atom is -0.455 e. The highest BCUT2D eigenvalue weighted by molar-refractivity contribution is 6.53. The molecule has 7 heteroatoms. The first-order valence-electron chi connectivity index (χ1n) is 7.33. The van der Waals surface area contributed by atoms with Crippen LogP contribution in [-0.4, -0.2) is 20.4 Å². The summed E-state index contributed by atoms with van der Waals surface area (Å²) in [6, 6.07) is 7.89. The van der Waals surface area contributed by atoms with E-state index in [4.69, 9.17) is 32.5 Å². The molecule has 1 aromatic carbocycles. The van der Waals surface area contributed by atoms with Crippen LogP contribution in [0.5, 0.6) is 0 Å². The number of hydrogen-bond donors (Lipinski definition) is 0. The zero-order chi connectivity index (χ0) is 16.7. The molecule has 0 spiro atoms. The zero-order valence-electron chi connectivity index (χ0n) is 12.8. The van der Waals surface area contributed by atoms with Crippen molar-refractivity contribution >= 4 is 29.2 Å². The molecule has 0 radical (unpaired) electrons. The van der Waals surface area contributed by atoms with E-state index in [0.717, 1.165) is 12.0 Å². The van der Waals surface area contributed by atoms with Crippen molar-refractivity contribution in [2.24, 2.45) is 5.41 Å². The van der Waals surface area contributed by atoms with E-state index >= 15 is 0 Å². The van der Waals surface area contributed by atoms with Crippen molar-refractivity contribution in [1.29, 1.82) is 0 Å². The van der Waals surface area contributed by atoms with Gasteiger partial charge in [-0.1, -0.05) is 36.3 Å². The van der Waals surface area contributed by atoms with Gasteiger partial charge in [0.05, 0.1) is 0 Å². The number of nitrogens with zero attached hydrogens (tertiary/aromatic N) is 2. The van der Waals surface area contributed by atoms with Crippen LogP contribution in [0.15, 0.2) is 28.8 Å². The first-order valence-corrected chi connectivity index (χ1v) is 8.08. The van der Waals surface area contributed by atoms with Crippen molar-refractivity contribution in [1.82, 2.24) is 10.1 Å². The van der Waals surface area contributed by atoms with E-state index < -0.39 is 15.7 Å². The molecule has 1 heterocycles. The van der Waals surface area contributed by atoms with Gasteiger partial charge in [-0.2, -0.15) is 4.98 Å². The third kappa shape index (κ3) is 3.08. The van der Waals surface area contributed by atoms with Crippen molar-refractivity contribution in [2.45, 2.75) is 37.6 Å². The maximum absolute atomic E-state index is 12.0. The normalized spacial score (nSPS) is 21.9. The highest BCUT2D eigenvalue weighted by Crippen LogP contribution is 2.64. The molecular formula is C16H16Cl2N2O3. The molecule has 1 aromatic heterocycles. The summed E-state index contributed by atoms with van der Waals surface area (Å²) in [5.74, 6) is 0.224. The number of aromatic nitrogens is 2. The molecule has 0 unspecified atom stereocenters. The predicted molar refractivity (Wildman–Crippen MR) is 86.1 cm³/mol. The lowest BCUT2D eigenvalue weighted by Crippen LogP contribution is -2.21. The van der Waals surface area contributed by atoms with Gasteiger partial charge in [-0.3, -0.25) is 4.79 Å². The zero-order valence-corrected chi connectivity index (χ0v) is 14.3. The largest absolute Gasteiger partial charge is 0.455 e. The van der Waals surface area contributed by atoms with Gasteiger partial charge in [-0.25, -0.2) is 0 Å². The first kappa shape index (κ1) is 16.3. The van der Waals surface area contributed by atoms with E-state index in [9.17, 15) is 4.79 Å². The molecule has 0 aliphatic heterocycles. The molecule has 5 nitrogen and oxygen atoms in total. The summed E-state index contributed by atoms with van der Waals surface area (Å²) in [5, 5.41) is 3.90. The Hall–Kier alpha value is -1.59. The topological polar surface area (TPSA) is 65.2 Å². The van der Waals surface area contributed by atoms with Crippen molar-refractivity contribution in [3.05, 3.63) is 35.7 Å². The molecule has 1 aliphatic carbocycles. The second-order valence-corrected chi connectivity index (χ2v) is 7.34. The van der Waals surface area contributed by atoms with Crippen molar-refractivity contribution in [3.8, 4) is 11.4 Å². The lowest BCUT2D eigenvalue weighted by molar-refractivity contribution is -0.151. The Labute approximate surface area is 143 Å². The lowest BCUT2D eigenvalue weighted by Gasteiger charge is -2.09. The molecule has 0 saturated heterocycles. The number of hydrogen-bond acceptors (Lipinski definition) is 5. The Kier molecular flexibility index (Phi) is 4.10. The number of carbonyl (C=O) groups is 1. The van der Waals surface area contributed by atoms with Crippen LogP contribution >= 0.6 is 23.2 Å². The molecule has 1 saturated carbocycles. The van der Waals surface area contributed by atoms with Gasteiger partial charge >= 0.3 is 5.97 Å². The van der Waals surface area contributed by atoms with E-state index in [1.165, 1.54) is 5.56 Å². The van der Waals surface area contributed by atoms with Crippen LogP contribution in [0.2, 0.25) is 0 Å². The van der Waals surface area contributed by atoms with E-state index in [2.05, 4.69) is 17.1 Å². The number of alkyl halides is 2. The Morgan fingerprint density at radius 1 is 1.35 bits per heavy atom. The van der Waals surface area contributed by atoms with Gasteiger partial charge in [-0.15, -0.1) is 23.2 Å². The SMILES string of the molecule is CCc1ccc(-c2noc(COC(=O)[C@@]3(C)CC3(Cl)Cl)n2)cc1. The standard InChI is InChI=1S/C16H16Cl2N2O3/c1-3-10-4-6-11(7-5-10)13-19-12(23-20-13)8-22-14(21)15(2)9-16(15,17)18/h4-7H,3,8-9H2,1-2H3/t15-/m1/s1. The molecule has 23 heavy (non-hydrogen) atoms. The third-order valence-corrected chi connectivity index (χ3v) is 5.23. The number of benzene rings is 1. The molecule has 2 aromatic rings. The molecule has 1 aliphatic rings. The van der Waals surface area contributed by atoms with Crippen molar-refractivity contribution in [2.75, 3.05) is 0 Å². The third-order valence-electron chi connectivity index (χ3n) is 4.12. The summed E-state index contributed by atoms with van der Waals surface area (Å²) in [6.07, 6.45) is 1.34. The number of carbonyl (C=O) groups excluding carboxylic acids is 1. The first-order chi connectivity index (χ1) is 10.9. The number of rotatable bonds is 5. The number of ether oxygens (including phenoxy) is 1. The second-order valence-electron chi connectivity index (χ2n) is 5.85. The van der Waals surface area contributed by atoms with Gasteiger partial charge in [0.1, 0.15) is 9.75 Å². The Morgan fingerprint density at radius 3 is 2.57 bits per heavy atom. The summed E-state index contributed by atoms with van der Waals surface area (Å²) in [6.45, 7) is 3.66. The summed E-state index contributed by atoms with van der Waals surface area (Å²) in [4.78, 5) is 16.2. The van der Waals surface area contributed by atoms with Gasteiger partial charge in [0.15, 0.2) is 6.61 Å². The Balaban J connectivity index is 1.62.